The number of carboxylic acids is 1. The lowest BCUT2D eigenvalue weighted by molar-refractivity contribution is -0.146. The maximum atomic E-state index is 11.6. The molecule has 1 aliphatic heterocycles. The van der Waals surface area contributed by atoms with Gasteiger partial charge in [0.15, 0.2) is 6.10 Å². The van der Waals surface area contributed by atoms with Gasteiger partial charge in [-0.1, -0.05) is 0 Å². The van der Waals surface area contributed by atoms with Crippen molar-refractivity contribution in [2.75, 3.05) is 19.7 Å². The molecule has 0 aromatic heterocycles. The van der Waals surface area contributed by atoms with Crippen molar-refractivity contribution < 1.29 is 24.9 Å². The molecule has 1 heterocycles. The van der Waals surface area contributed by atoms with Gasteiger partial charge >= 0.3 is 12.0 Å². The van der Waals surface area contributed by atoms with Crippen molar-refractivity contribution in [3.63, 3.8) is 0 Å². The fourth-order valence-electron chi connectivity index (χ4n) is 1.83. The number of carbonyl (C=O) groups excluding carboxylic acids is 1. The molecule has 0 bridgehead atoms. The summed E-state index contributed by atoms with van der Waals surface area (Å²) in [5.41, 5.74) is 0. The van der Waals surface area contributed by atoms with Crippen LogP contribution in [0.4, 0.5) is 4.79 Å². The van der Waals surface area contributed by atoms with E-state index in [-0.39, 0.29) is 31.6 Å². The van der Waals surface area contributed by atoms with E-state index in [1.54, 1.807) is 0 Å². The van der Waals surface area contributed by atoms with Crippen LogP contribution in [0.1, 0.15) is 19.3 Å². The van der Waals surface area contributed by atoms with E-state index >= 15 is 0 Å². The van der Waals surface area contributed by atoms with E-state index in [2.05, 4.69) is 5.32 Å². The Morgan fingerprint density at radius 3 is 2.76 bits per heavy atom. The molecule has 1 saturated heterocycles. The molecule has 0 radical (unpaired) electrons. The van der Waals surface area contributed by atoms with Crippen molar-refractivity contribution in [2.45, 2.75) is 31.4 Å². The molecule has 1 fully saturated rings. The van der Waals surface area contributed by atoms with E-state index in [1.807, 2.05) is 0 Å². The number of aliphatic hydroxyl groups is 2. The normalized spacial score (nSPS) is 21.3. The van der Waals surface area contributed by atoms with Gasteiger partial charge in [-0.25, -0.2) is 9.59 Å². The minimum Gasteiger partial charge on any atom is -0.479 e. The van der Waals surface area contributed by atoms with E-state index in [9.17, 15) is 9.59 Å². The third-order valence-corrected chi connectivity index (χ3v) is 2.83. The van der Waals surface area contributed by atoms with Crippen LogP contribution in [0.2, 0.25) is 0 Å². The molecule has 0 aromatic rings. The fraction of sp³-hybridized carbons (Fsp3) is 0.800. The van der Waals surface area contributed by atoms with Crippen LogP contribution in [0.15, 0.2) is 0 Å². The zero-order valence-electron chi connectivity index (χ0n) is 9.50. The standard InChI is InChI=1S/C10H18N2O5/c13-6-7-2-1-5-12(7)10(17)11-4-3-8(14)9(15)16/h7-8,13-14H,1-6H2,(H,11,17)(H,15,16)/t7?,8-/m0/s1. The molecule has 1 rings (SSSR count). The molecule has 0 aromatic carbocycles. The molecule has 0 aliphatic carbocycles. The molecule has 2 atom stereocenters. The summed E-state index contributed by atoms with van der Waals surface area (Å²) < 4.78 is 0. The Kier molecular flexibility index (Phi) is 5.17. The molecule has 17 heavy (non-hydrogen) atoms. The number of carboxylic acid groups (broad SMARTS) is 1. The molecule has 4 N–H and O–H groups in total. The van der Waals surface area contributed by atoms with Gasteiger partial charge in [0.2, 0.25) is 0 Å². The lowest BCUT2D eigenvalue weighted by atomic mass is 10.2. The second-order valence-electron chi connectivity index (χ2n) is 4.05. The van der Waals surface area contributed by atoms with Crippen molar-refractivity contribution in [1.82, 2.24) is 10.2 Å². The highest BCUT2D eigenvalue weighted by molar-refractivity contribution is 5.75. The predicted molar refractivity (Wildman–Crippen MR) is 58.5 cm³/mol. The van der Waals surface area contributed by atoms with Gasteiger partial charge in [0.1, 0.15) is 0 Å². The van der Waals surface area contributed by atoms with E-state index in [1.165, 1.54) is 4.90 Å². The topological polar surface area (TPSA) is 110 Å². The maximum Gasteiger partial charge on any atom is 0.332 e. The maximum absolute atomic E-state index is 11.6. The third-order valence-electron chi connectivity index (χ3n) is 2.83. The Hall–Kier alpha value is -1.34. The van der Waals surface area contributed by atoms with Gasteiger partial charge in [0, 0.05) is 19.5 Å². The van der Waals surface area contributed by atoms with Crippen LogP contribution in [-0.4, -0.2) is 64.1 Å². The largest absolute Gasteiger partial charge is 0.479 e. The zero-order chi connectivity index (χ0) is 12.8. The molecule has 1 aliphatic rings. The van der Waals surface area contributed by atoms with E-state index in [0.717, 1.165) is 12.8 Å². The van der Waals surface area contributed by atoms with Crippen molar-refractivity contribution in [3.8, 4) is 0 Å². The van der Waals surface area contributed by atoms with Gasteiger partial charge in [-0.3, -0.25) is 0 Å². The number of likely N-dealkylation sites (tertiary alicyclic amines) is 1. The second-order valence-corrected chi connectivity index (χ2v) is 4.05. The lowest BCUT2D eigenvalue weighted by Crippen LogP contribution is -2.45. The highest BCUT2D eigenvalue weighted by atomic mass is 16.4. The molecular formula is C10H18N2O5. The first kappa shape index (κ1) is 13.7. The lowest BCUT2D eigenvalue weighted by Gasteiger charge is -2.23. The van der Waals surface area contributed by atoms with E-state index in [4.69, 9.17) is 15.3 Å². The SMILES string of the molecule is O=C(O)[C@@H](O)CCNC(=O)N1CCCC1CO. The molecule has 7 nitrogen and oxygen atoms in total. The molecule has 1 unspecified atom stereocenters. The molecule has 7 heteroatoms. The summed E-state index contributed by atoms with van der Waals surface area (Å²) in [7, 11) is 0. The second kappa shape index (κ2) is 6.41. The van der Waals surface area contributed by atoms with Crippen LogP contribution in [0.25, 0.3) is 0 Å². The molecule has 2 amide bonds. The highest BCUT2D eigenvalue weighted by Crippen LogP contribution is 2.16. The molecule has 0 spiro atoms. The molecule has 0 saturated carbocycles. The van der Waals surface area contributed by atoms with Crippen molar-refractivity contribution >= 4 is 12.0 Å². The summed E-state index contributed by atoms with van der Waals surface area (Å²) in [6, 6.07) is -0.474. The van der Waals surface area contributed by atoms with Crippen molar-refractivity contribution in [1.29, 1.82) is 0 Å². The first-order valence-corrected chi connectivity index (χ1v) is 5.62. The summed E-state index contributed by atoms with van der Waals surface area (Å²) in [6.45, 7) is 0.630. The summed E-state index contributed by atoms with van der Waals surface area (Å²) in [6.07, 6.45) is 0.152. The average molecular weight is 246 g/mol. The first-order valence-electron chi connectivity index (χ1n) is 5.62. The number of nitrogens with one attached hydrogen (secondary N) is 1. The average Bonchev–Trinajstić information content (AvgIpc) is 2.76. The zero-order valence-corrected chi connectivity index (χ0v) is 9.50. The Labute approximate surface area is 99.0 Å². The number of hydrogen-bond donors (Lipinski definition) is 4. The predicted octanol–water partition coefficient (Wildman–Crippen LogP) is -1.01. The third kappa shape index (κ3) is 3.86. The number of amides is 2. The van der Waals surface area contributed by atoms with Crippen LogP contribution < -0.4 is 5.32 Å². The van der Waals surface area contributed by atoms with Crippen LogP contribution in [0.5, 0.6) is 0 Å². The van der Waals surface area contributed by atoms with Crippen LogP contribution in [0.3, 0.4) is 0 Å². The summed E-state index contributed by atoms with van der Waals surface area (Å²) >= 11 is 0. The Balaban J connectivity index is 2.27. The van der Waals surface area contributed by atoms with Gasteiger partial charge in [-0.05, 0) is 12.8 Å². The van der Waals surface area contributed by atoms with E-state index < -0.39 is 12.1 Å². The summed E-state index contributed by atoms with van der Waals surface area (Å²) in [4.78, 5) is 23.5. The van der Waals surface area contributed by atoms with Gasteiger partial charge in [0.05, 0.1) is 12.6 Å². The number of rotatable bonds is 5. The first-order chi connectivity index (χ1) is 8.06. The van der Waals surface area contributed by atoms with Crippen molar-refractivity contribution in [3.05, 3.63) is 0 Å². The van der Waals surface area contributed by atoms with Crippen molar-refractivity contribution in [2.24, 2.45) is 0 Å². The summed E-state index contributed by atoms with van der Waals surface area (Å²) in [5, 5.41) is 29.0. The Bertz CT molecular complexity index is 284. The van der Waals surface area contributed by atoms with Crippen LogP contribution in [-0.2, 0) is 4.79 Å². The van der Waals surface area contributed by atoms with Gasteiger partial charge in [-0.2, -0.15) is 0 Å². The molecular weight excluding hydrogens is 228 g/mol. The summed E-state index contributed by atoms with van der Waals surface area (Å²) in [5.74, 6) is -1.30. The monoisotopic (exact) mass is 246 g/mol. The number of urea groups is 1. The number of hydrogen-bond acceptors (Lipinski definition) is 4. The van der Waals surface area contributed by atoms with Crippen LogP contribution in [0, 0.1) is 0 Å². The molecule has 98 valence electrons. The van der Waals surface area contributed by atoms with Crippen LogP contribution >= 0.6 is 0 Å². The fourth-order valence-corrected chi connectivity index (χ4v) is 1.83. The highest BCUT2D eigenvalue weighted by Gasteiger charge is 2.27. The minimum absolute atomic E-state index is 0.0291. The number of aliphatic hydroxyl groups excluding tert-OH is 2. The number of nitrogens with zero attached hydrogens (tertiary/aromatic N) is 1. The smallest absolute Gasteiger partial charge is 0.332 e. The Morgan fingerprint density at radius 1 is 1.47 bits per heavy atom. The quantitative estimate of drug-likeness (QED) is 0.497. The minimum atomic E-state index is -1.46. The van der Waals surface area contributed by atoms with E-state index in [0.29, 0.717) is 6.54 Å². The van der Waals surface area contributed by atoms with Gasteiger partial charge in [0.25, 0.3) is 0 Å². The number of carbonyl (C=O) groups is 2. The number of aliphatic carboxylic acids is 1. The Morgan fingerprint density at radius 2 is 2.18 bits per heavy atom. The van der Waals surface area contributed by atoms with Gasteiger partial charge < -0.3 is 25.5 Å². The van der Waals surface area contributed by atoms with Gasteiger partial charge in [-0.15, -0.1) is 0 Å².